The number of alkyl halides is 2. The predicted molar refractivity (Wildman–Crippen MR) is 106 cm³/mol. The van der Waals surface area contributed by atoms with Gasteiger partial charge in [0.1, 0.15) is 5.82 Å². The van der Waals surface area contributed by atoms with E-state index in [9.17, 15) is 18.4 Å². The fourth-order valence-electron chi connectivity index (χ4n) is 3.32. The van der Waals surface area contributed by atoms with Gasteiger partial charge in [-0.1, -0.05) is 29.3 Å². The second-order valence-electron chi connectivity index (χ2n) is 7.00. The second kappa shape index (κ2) is 8.16. The summed E-state index contributed by atoms with van der Waals surface area (Å²) < 4.78 is 28.2. The maximum atomic E-state index is 13.7. The second-order valence-corrected chi connectivity index (χ2v) is 7.78. The van der Waals surface area contributed by atoms with Crippen LogP contribution in [-0.4, -0.2) is 39.4 Å². The van der Waals surface area contributed by atoms with Crippen LogP contribution in [0.5, 0.6) is 0 Å². The van der Waals surface area contributed by atoms with Crippen molar-refractivity contribution in [2.45, 2.75) is 31.7 Å². The van der Waals surface area contributed by atoms with Crippen molar-refractivity contribution in [3.8, 4) is 5.69 Å². The van der Waals surface area contributed by atoms with E-state index in [0.29, 0.717) is 25.9 Å². The van der Waals surface area contributed by atoms with E-state index in [2.05, 4.69) is 10.3 Å². The minimum Gasteiger partial charge on any atom is -0.465 e. The van der Waals surface area contributed by atoms with Crippen molar-refractivity contribution in [3.05, 3.63) is 50.5 Å². The molecule has 1 aliphatic rings. The molecule has 1 aromatic carbocycles. The Kier molecular flexibility index (Phi) is 6.00. The van der Waals surface area contributed by atoms with Gasteiger partial charge in [0.25, 0.3) is 12.0 Å². The third kappa shape index (κ3) is 4.45. The average molecular weight is 447 g/mol. The van der Waals surface area contributed by atoms with Crippen LogP contribution in [0, 0.1) is 0 Å². The molecule has 11 heteroatoms. The van der Waals surface area contributed by atoms with Crippen molar-refractivity contribution in [1.29, 1.82) is 0 Å². The van der Waals surface area contributed by atoms with Gasteiger partial charge in [-0.05, 0) is 31.9 Å². The molecule has 156 valence electrons. The summed E-state index contributed by atoms with van der Waals surface area (Å²) in [6.45, 7) is 2.48. The molecule has 0 atom stereocenters. The summed E-state index contributed by atoms with van der Waals surface area (Å²) in [5.74, 6) is -0.634. The highest BCUT2D eigenvalue weighted by atomic mass is 35.5. The van der Waals surface area contributed by atoms with Crippen molar-refractivity contribution in [3.63, 3.8) is 0 Å². The number of aromatic nitrogens is 2. The van der Waals surface area contributed by atoms with E-state index >= 15 is 0 Å². The summed E-state index contributed by atoms with van der Waals surface area (Å²) in [6, 6.07) is 5.56. The first-order valence-electron chi connectivity index (χ1n) is 8.74. The number of nitrogens with zero attached hydrogens (tertiary/aromatic N) is 3. The number of anilines is 1. The molecule has 0 aliphatic carbocycles. The summed E-state index contributed by atoms with van der Waals surface area (Å²) in [5, 5.41) is 11.5. The first kappa shape index (κ1) is 21.3. The molecule has 1 aromatic heterocycles. The third-order valence-electron chi connectivity index (χ3n) is 4.90. The monoisotopic (exact) mass is 446 g/mol. The average Bonchev–Trinajstić information content (AvgIpc) is 2.63. The number of carbonyl (C=O) groups is 1. The van der Waals surface area contributed by atoms with Crippen molar-refractivity contribution < 1.29 is 18.7 Å². The Bertz CT molecular complexity index is 992. The van der Waals surface area contributed by atoms with Crippen LogP contribution in [0.2, 0.25) is 10.0 Å². The lowest BCUT2D eigenvalue weighted by Gasteiger charge is -2.39. The highest BCUT2D eigenvalue weighted by molar-refractivity contribution is 6.43. The van der Waals surface area contributed by atoms with Crippen LogP contribution in [0.4, 0.5) is 19.4 Å². The lowest BCUT2D eigenvalue weighted by molar-refractivity contribution is 0.136. The van der Waals surface area contributed by atoms with Crippen LogP contribution in [0.3, 0.4) is 0 Å². The highest BCUT2D eigenvalue weighted by Gasteiger charge is 2.33. The number of rotatable bonds is 4. The fraction of sp³-hybridized carbons (Fsp3) is 0.389. The Hall–Kier alpha value is -2.39. The Labute approximate surface area is 174 Å². The lowest BCUT2D eigenvalue weighted by Crippen LogP contribution is -2.53. The zero-order valence-electron chi connectivity index (χ0n) is 15.3. The largest absolute Gasteiger partial charge is 0.465 e. The van der Waals surface area contributed by atoms with Crippen LogP contribution in [0.1, 0.15) is 32.0 Å². The molecule has 3 rings (SSSR count). The first-order chi connectivity index (χ1) is 13.6. The van der Waals surface area contributed by atoms with Gasteiger partial charge in [-0.25, -0.2) is 18.6 Å². The van der Waals surface area contributed by atoms with E-state index in [0.717, 1.165) is 10.6 Å². The molecule has 1 saturated heterocycles. The zero-order valence-corrected chi connectivity index (χ0v) is 16.8. The molecule has 2 heterocycles. The van der Waals surface area contributed by atoms with Crippen LogP contribution >= 0.6 is 23.2 Å². The summed E-state index contributed by atoms with van der Waals surface area (Å²) in [7, 11) is 0. The maximum Gasteiger partial charge on any atom is 0.405 e. The molecule has 7 nitrogen and oxygen atoms in total. The molecule has 1 aliphatic heterocycles. The normalized spacial score (nSPS) is 16.1. The zero-order chi connectivity index (χ0) is 21.3. The molecule has 0 unspecified atom stereocenters. The number of amides is 1. The van der Waals surface area contributed by atoms with Gasteiger partial charge in [0.15, 0.2) is 5.82 Å². The van der Waals surface area contributed by atoms with Crippen molar-refractivity contribution in [2.75, 3.05) is 18.0 Å². The van der Waals surface area contributed by atoms with Gasteiger partial charge < -0.3 is 15.3 Å². The Balaban J connectivity index is 1.97. The van der Waals surface area contributed by atoms with Gasteiger partial charge in [0, 0.05) is 24.7 Å². The SMILES string of the molecule is CC1(NC(=O)O)CCN(c2cc(=O)n(-c3cccc(Cl)c3Cl)c(C(F)F)n2)CC1. The molecule has 1 fully saturated rings. The number of halogens is 4. The molecular weight excluding hydrogens is 429 g/mol. The number of piperidine rings is 1. The Morgan fingerprint density at radius 2 is 1.97 bits per heavy atom. The Morgan fingerprint density at radius 1 is 1.31 bits per heavy atom. The van der Waals surface area contributed by atoms with E-state index in [1.165, 1.54) is 18.2 Å². The Morgan fingerprint density at radius 3 is 2.55 bits per heavy atom. The first-order valence-corrected chi connectivity index (χ1v) is 9.49. The quantitative estimate of drug-likeness (QED) is 0.737. The fourth-order valence-corrected chi connectivity index (χ4v) is 3.70. The van der Waals surface area contributed by atoms with E-state index in [1.54, 1.807) is 11.8 Å². The number of benzene rings is 1. The smallest absolute Gasteiger partial charge is 0.405 e. The number of hydrogen-bond acceptors (Lipinski definition) is 4. The minimum atomic E-state index is -3.03. The van der Waals surface area contributed by atoms with Crippen molar-refractivity contribution in [2.24, 2.45) is 0 Å². The molecule has 2 N–H and O–H groups in total. The highest BCUT2D eigenvalue weighted by Crippen LogP contribution is 2.31. The summed E-state index contributed by atoms with van der Waals surface area (Å²) in [5.41, 5.74) is -1.32. The topological polar surface area (TPSA) is 87.5 Å². The third-order valence-corrected chi connectivity index (χ3v) is 5.71. The van der Waals surface area contributed by atoms with Gasteiger partial charge >= 0.3 is 6.09 Å². The van der Waals surface area contributed by atoms with Crippen LogP contribution in [0.25, 0.3) is 5.69 Å². The molecule has 0 radical (unpaired) electrons. The lowest BCUT2D eigenvalue weighted by atomic mass is 9.90. The maximum absolute atomic E-state index is 13.7. The van der Waals surface area contributed by atoms with Gasteiger partial charge in [0.2, 0.25) is 0 Å². The number of hydrogen-bond donors (Lipinski definition) is 2. The summed E-state index contributed by atoms with van der Waals surface area (Å²) in [4.78, 5) is 29.3. The van der Waals surface area contributed by atoms with E-state index in [4.69, 9.17) is 28.3 Å². The molecule has 2 aromatic rings. The minimum absolute atomic E-state index is 0.0235. The van der Waals surface area contributed by atoms with Crippen LogP contribution in [-0.2, 0) is 0 Å². The molecule has 1 amide bonds. The number of nitrogens with one attached hydrogen (secondary N) is 1. The van der Waals surface area contributed by atoms with Crippen LogP contribution < -0.4 is 15.8 Å². The van der Waals surface area contributed by atoms with E-state index < -0.39 is 29.4 Å². The van der Waals surface area contributed by atoms with Crippen LogP contribution in [0.15, 0.2) is 29.1 Å². The van der Waals surface area contributed by atoms with Gasteiger partial charge in [0.05, 0.1) is 15.7 Å². The molecule has 0 bridgehead atoms. The van der Waals surface area contributed by atoms with Crippen molar-refractivity contribution in [1.82, 2.24) is 14.9 Å². The van der Waals surface area contributed by atoms with E-state index in [-0.39, 0.29) is 21.6 Å². The molecular formula is C18H18Cl2F2N4O3. The summed E-state index contributed by atoms with van der Waals surface area (Å²) in [6.07, 6.45) is -3.27. The van der Waals surface area contributed by atoms with E-state index in [1.807, 2.05) is 0 Å². The van der Waals surface area contributed by atoms with Gasteiger partial charge in [-0.15, -0.1) is 0 Å². The van der Waals surface area contributed by atoms with Gasteiger partial charge in [-0.3, -0.25) is 9.36 Å². The molecule has 0 spiro atoms. The van der Waals surface area contributed by atoms with Gasteiger partial charge in [-0.2, -0.15) is 0 Å². The number of carboxylic acid groups (broad SMARTS) is 1. The molecule has 29 heavy (non-hydrogen) atoms. The van der Waals surface area contributed by atoms with Crippen molar-refractivity contribution >= 4 is 35.1 Å². The standard InChI is InChI=1S/C18H18Cl2F2N4O3/c1-18(24-17(28)29)5-7-25(8-6-18)12-9-13(27)26(16(23-12)15(21)22)11-4-2-3-10(19)14(11)20/h2-4,9,15,24H,5-8H2,1H3,(H,28,29). The predicted octanol–water partition coefficient (Wildman–Crippen LogP) is 4.10. The molecule has 0 saturated carbocycles. The summed E-state index contributed by atoms with van der Waals surface area (Å²) >= 11 is 12.1.